The van der Waals surface area contributed by atoms with Crippen LogP contribution in [0.2, 0.25) is 0 Å². The molecular formula is C13H14N2O. The van der Waals surface area contributed by atoms with Gasteiger partial charge in [-0.2, -0.15) is 5.10 Å². The molecule has 0 N–H and O–H groups in total. The predicted molar refractivity (Wildman–Crippen MR) is 64.6 cm³/mol. The number of allylic oxidation sites excluding steroid dienone is 1. The molecule has 1 aromatic carbocycles. The molecule has 2 rings (SSSR count). The molecule has 0 bridgehead atoms. The van der Waals surface area contributed by atoms with Crippen LogP contribution in [0.3, 0.4) is 0 Å². The predicted octanol–water partition coefficient (Wildman–Crippen LogP) is 2.82. The van der Waals surface area contributed by atoms with Crippen LogP contribution >= 0.6 is 0 Å². The fourth-order valence-electron chi connectivity index (χ4n) is 1.80. The Morgan fingerprint density at radius 2 is 2.19 bits per heavy atom. The number of carbonyl (C=O) groups is 1. The molecule has 0 spiro atoms. The molecule has 3 nitrogen and oxygen atoms in total. The van der Waals surface area contributed by atoms with E-state index in [0.717, 1.165) is 36.6 Å². The second kappa shape index (κ2) is 4.75. The van der Waals surface area contributed by atoms with Gasteiger partial charge in [-0.3, -0.25) is 9.48 Å². The van der Waals surface area contributed by atoms with Crippen LogP contribution in [0.15, 0.2) is 36.9 Å². The molecule has 1 heterocycles. The van der Waals surface area contributed by atoms with Gasteiger partial charge in [0.25, 0.3) is 0 Å². The highest BCUT2D eigenvalue weighted by atomic mass is 16.1. The summed E-state index contributed by atoms with van der Waals surface area (Å²) >= 11 is 0. The molecule has 0 saturated heterocycles. The van der Waals surface area contributed by atoms with E-state index in [1.54, 1.807) is 0 Å². The van der Waals surface area contributed by atoms with Crippen molar-refractivity contribution < 1.29 is 4.79 Å². The molecule has 1 aromatic heterocycles. The second-order valence-electron chi connectivity index (χ2n) is 3.67. The summed E-state index contributed by atoms with van der Waals surface area (Å²) in [4.78, 5) is 10.9. The van der Waals surface area contributed by atoms with E-state index in [2.05, 4.69) is 11.7 Å². The Balaban J connectivity index is 2.37. The third-order valence-corrected chi connectivity index (χ3v) is 2.58. The Bertz CT molecular complexity index is 514. The standard InChI is InChI=1S/C13H14N2O/c1-2-3-6-9-15-13-8-5-4-7-11(13)12(10-16)14-15/h2,4-5,7-8,10H,1,3,6,9H2. The number of fused-ring (bicyclic) bond motifs is 1. The minimum absolute atomic E-state index is 0.522. The van der Waals surface area contributed by atoms with E-state index in [9.17, 15) is 4.79 Å². The summed E-state index contributed by atoms with van der Waals surface area (Å²) in [5.41, 5.74) is 1.54. The zero-order chi connectivity index (χ0) is 11.4. The lowest BCUT2D eigenvalue weighted by molar-refractivity contribution is 0.111. The van der Waals surface area contributed by atoms with E-state index >= 15 is 0 Å². The fraction of sp³-hybridized carbons (Fsp3) is 0.231. The lowest BCUT2D eigenvalue weighted by atomic mass is 10.2. The van der Waals surface area contributed by atoms with Gasteiger partial charge < -0.3 is 0 Å². The Hall–Kier alpha value is -1.90. The molecule has 0 aliphatic carbocycles. The molecule has 0 aliphatic heterocycles. The zero-order valence-corrected chi connectivity index (χ0v) is 9.10. The number of benzene rings is 1. The maximum atomic E-state index is 10.9. The Labute approximate surface area is 94.4 Å². The first-order valence-corrected chi connectivity index (χ1v) is 5.38. The van der Waals surface area contributed by atoms with Crippen molar-refractivity contribution in [3.8, 4) is 0 Å². The molecule has 82 valence electrons. The molecule has 0 atom stereocenters. The summed E-state index contributed by atoms with van der Waals surface area (Å²) in [5.74, 6) is 0. The van der Waals surface area contributed by atoms with Gasteiger partial charge in [0, 0.05) is 11.9 Å². The summed E-state index contributed by atoms with van der Waals surface area (Å²) in [6.07, 6.45) is 4.66. The maximum Gasteiger partial charge on any atom is 0.170 e. The van der Waals surface area contributed by atoms with Crippen LogP contribution < -0.4 is 0 Å². The highest BCUT2D eigenvalue weighted by Crippen LogP contribution is 2.17. The largest absolute Gasteiger partial charge is 0.296 e. The zero-order valence-electron chi connectivity index (χ0n) is 9.10. The molecule has 0 unspecified atom stereocenters. The minimum Gasteiger partial charge on any atom is -0.296 e. The van der Waals surface area contributed by atoms with Crippen LogP contribution in [0, 0.1) is 0 Å². The van der Waals surface area contributed by atoms with E-state index in [1.807, 2.05) is 35.0 Å². The van der Waals surface area contributed by atoms with Crippen LogP contribution in [0.4, 0.5) is 0 Å². The Morgan fingerprint density at radius 1 is 1.38 bits per heavy atom. The highest BCUT2D eigenvalue weighted by molar-refractivity contribution is 5.95. The minimum atomic E-state index is 0.522. The summed E-state index contributed by atoms with van der Waals surface area (Å²) in [5, 5.41) is 5.22. The van der Waals surface area contributed by atoms with Crippen LogP contribution in [0.5, 0.6) is 0 Å². The molecule has 2 aromatic rings. The lowest BCUT2D eigenvalue weighted by Crippen LogP contribution is -2.00. The summed E-state index contributed by atoms with van der Waals surface area (Å²) in [6.45, 7) is 4.51. The molecule has 0 saturated carbocycles. The van der Waals surface area contributed by atoms with Crippen molar-refractivity contribution in [2.24, 2.45) is 0 Å². The fourth-order valence-corrected chi connectivity index (χ4v) is 1.80. The molecule has 3 heteroatoms. The van der Waals surface area contributed by atoms with Gasteiger partial charge >= 0.3 is 0 Å². The van der Waals surface area contributed by atoms with Gasteiger partial charge in [-0.05, 0) is 18.9 Å². The van der Waals surface area contributed by atoms with E-state index in [0.29, 0.717) is 5.69 Å². The van der Waals surface area contributed by atoms with Gasteiger partial charge in [0.2, 0.25) is 0 Å². The van der Waals surface area contributed by atoms with Crippen LogP contribution in [0.25, 0.3) is 10.9 Å². The van der Waals surface area contributed by atoms with Crippen molar-refractivity contribution in [2.75, 3.05) is 0 Å². The van der Waals surface area contributed by atoms with E-state index in [1.165, 1.54) is 0 Å². The summed E-state index contributed by atoms with van der Waals surface area (Å²) in [7, 11) is 0. The van der Waals surface area contributed by atoms with E-state index in [-0.39, 0.29) is 0 Å². The quantitative estimate of drug-likeness (QED) is 0.436. The van der Waals surface area contributed by atoms with Crippen molar-refractivity contribution in [3.63, 3.8) is 0 Å². The monoisotopic (exact) mass is 214 g/mol. The van der Waals surface area contributed by atoms with Gasteiger partial charge in [-0.1, -0.05) is 24.3 Å². The number of aromatic nitrogens is 2. The van der Waals surface area contributed by atoms with E-state index < -0.39 is 0 Å². The number of unbranched alkanes of at least 4 members (excludes halogenated alkanes) is 1. The number of para-hydroxylation sites is 1. The van der Waals surface area contributed by atoms with Gasteiger partial charge in [0.1, 0.15) is 5.69 Å². The molecule has 0 fully saturated rings. The Kier molecular flexibility index (Phi) is 3.15. The SMILES string of the molecule is C=CCCCn1nc(C=O)c2ccccc21. The van der Waals surface area contributed by atoms with Crippen molar-refractivity contribution in [1.82, 2.24) is 9.78 Å². The number of hydrogen-bond donors (Lipinski definition) is 0. The smallest absolute Gasteiger partial charge is 0.170 e. The molecule has 0 radical (unpaired) electrons. The highest BCUT2D eigenvalue weighted by Gasteiger charge is 2.07. The Morgan fingerprint density at radius 3 is 2.94 bits per heavy atom. The average molecular weight is 214 g/mol. The number of hydrogen-bond acceptors (Lipinski definition) is 2. The van der Waals surface area contributed by atoms with Crippen LogP contribution in [-0.2, 0) is 6.54 Å². The number of rotatable bonds is 5. The molecule has 0 amide bonds. The van der Waals surface area contributed by atoms with Crippen LogP contribution in [-0.4, -0.2) is 16.1 Å². The summed E-state index contributed by atoms with van der Waals surface area (Å²) < 4.78 is 1.89. The van der Waals surface area contributed by atoms with Gasteiger partial charge in [-0.25, -0.2) is 0 Å². The molecule has 16 heavy (non-hydrogen) atoms. The second-order valence-corrected chi connectivity index (χ2v) is 3.67. The number of aldehydes is 1. The number of carbonyl (C=O) groups excluding carboxylic acids is 1. The first kappa shape index (κ1) is 10.6. The summed E-state index contributed by atoms with van der Waals surface area (Å²) in [6, 6.07) is 7.80. The van der Waals surface area contributed by atoms with Crippen LogP contribution in [0.1, 0.15) is 23.3 Å². The lowest BCUT2D eigenvalue weighted by Gasteiger charge is -2.00. The van der Waals surface area contributed by atoms with E-state index in [4.69, 9.17) is 0 Å². The van der Waals surface area contributed by atoms with Crippen molar-refractivity contribution >= 4 is 17.2 Å². The first-order valence-electron chi connectivity index (χ1n) is 5.38. The van der Waals surface area contributed by atoms with Crippen molar-refractivity contribution in [3.05, 3.63) is 42.6 Å². The molecular weight excluding hydrogens is 200 g/mol. The van der Waals surface area contributed by atoms with Gasteiger partial charge in [0.15, 0.2) is 6.29 Å². The van der Waals surface area contributed by atoms with Gasteiger partial charge in [0.05, 0.1) is 5.52 Å². The number of nitrogens with zero attached hydrogens (tertiary/aromatic N) is 2. The number of aryl methyl sites for hydroxylation is 1. The average Bonchev–Trinajstić information content (AvgIpc) is 2.68. The maximum absolute atomic E-state index is 10.9. The van der Waals surface area contributed by atoms with Crippen molar-refractivity contribution in [1.29, 1.82) is 0 Å². The van der Waals surface area contributed by atoms with Gasteiger partial charge in [-0.15, -0.1) is 6.58 Å². The normalized spacial score (nSPS) is 10.5. The van der Waals surface area contributed by atoms with Crippen molar-refractivity contribution in [2.45, 2.75) is 19.4 Å². The molecule has 0 aliphatic rings. The third kappa shape index (κ3) is 1.89. The third-order valence-electron chi connectivity index (χ3n) is 2.58. The topological polar surface area (TPSA) is 34.9 Å². The first-order chi connectivity index (χ1) is 7.86.